The molecule has 0 saturated carbocycles. The molecule has 0 bridgehead atoms. The lowest BCUT2D eigenvalue weighted by Gasteiger charge is -2.36. The summed E-state index contributed by atoms with van der Waals surface area (Å²) in [5.41, 5.74) is 5.45. The number of thioether (sulfide) groups is 1. The first-order chi connectivity index (χ1) is 21.6. The van der Waals surface area contributed by atoms with Gasteiger partial charge in [-0.2, -0.15) is 0 Å². The minimum atomic E-state index is -2.03. The van der Waals surface area contributed by atoms with Gasteiger partial charge in [0.25, 0.3) is 9.70 Å². The van der Waals surface area contributed by atoms with Crippen LogP contribution in [0.1, 0.15) is 51.4 Å². The van der Waals surface area contributed by atoms with Crippen LogP contribution in [-0.4, -0.2) is 42.7 Å². The number of alkyl halides is 3. The van der Waals surface area contributed by atoms with E-state index in [1.807, 2.05) is 72.8 Å². The average molecular weight is 688 g/mol. The minimum absolute atomic E-state index is 0.0500. The predicted octanol–water partition coefficient (Wildman–Crippen LogP) is 7.26. The van der Waals surface area contributed by atoms with Gasteiger partial charge in [0, 0.05) is 30.5 Å². The van der Waals surface area contributed by atoms with Crippen molar-refractivity contribution in [3.8, 4) is 11.1 Å². The Labute approximate surface area is 279 Å². The van der Waals surface area contributed by atoms with Crippen molar-refractivity contribution in [1.82, 2.24) is 10.3 Å². The summed E-state index contributed by atoms with van der Waals surface area (Å²) in [6.07, 6.45) is 0.900. The second-order valence-corrected chi connectivity index (χ2v) is 13.6. The highest BCUT2D eigenvalue weighted by atomic mass is 35.6. The van der Waals surface area contributed by atoms with Crippen LogP contribution in [-0.2, 0) is 27.4 Å². The highest BCUT2D eigenvalue weighted by Gasteiger charge is 2.33. The van der Waals surface area contributed by atoms with E-state index in [9.17, 15) is 19.8 Å². The number of aromatic nitrogens is 1. The summed E-state index contributed by atoms with van der Waals surface area (Å²) >= 11 is 18.3. The topological polar surface area (TPSA) is 118 Å². The van der Waals surface area contributed by atoms with Crippen molar-refractivity contribution in [2.75, 3.05) is 5.75 Å². The fourth-order valence-corrected chi connectivity index (χ4v) is 6.04. The predicted molar refractivity (Wildman–Crippen MR) is 174 cm³/mol. The van der Waals surface area contributed by atoms with Gasteiger partial charge in [-0.15, -0.1) is 11.8 Å². The summed E-state index contributed by atoms with van der Waals surface area (Å²) in [6, 6.07) is 26.3. The van der Waals surface area contributed by atoms with E-state index in [0.29, 0.717) is 17.2 Å². The van der Waals surface area contributed by atoms with Gasteiger partial charge in [-0.05, 0) is 46.0 Å². The van der Waals surface area contributed by atoms with E-state index in [2.05, 4.69) is 10.3 Å². The maximum absolute atomic E-state index is 11.9. The van der Waals surface area contributed by atoms with E-state index in [4.69, 9.17) is 44.3 Å². The second-order valence-electron chi connectivity index (χ2n) is 10.3. The summed E-state index contributed by atoms with van der Waals surface area (Å²) < 4.78 is 10.8. The zero-order valence-corrected chi connectivity index (χ0v) is 26.8. The molecule has 45 heavy (non-hydrogen) atoms. The van der Waals surface area contributed by atoms with Gasteiger partial charge in [0.2, 0.25) is 0 Å². The van der Waals surface area contributed by atoms with E-state index in [-0.39, 0.29) is 30.9 Å². The Balaban J connectivity index is 1.33. The third-order valence-electron chi connectivity index (χ3n) is 7.18. The van der Waals surface area contributed by atoms with Crippen LogP contribution in [0.5, 0.6) is 0 Å². The van der Waals surface area contributed by atoms with Crippen LogP contribution in [0.2, 0.25) is 0 Å². The molecule has 0 radical (unpaired) electrons. The number of nitrogens with one attached hydrogen (secondary N) is 1. The van der Waals surface area contributed by atoms with Crippen molar-refractivity contribution in [2.24, 2.45) is 0 Å². The highest BCUT2D eigenvalue weighted by molar-refractivity contribution is 7.99. The first kappa shape index (κ1) is 33.2. The molecular weight excluding hydrogens is 659 g/mol. The van der Waals surface area contributed by atoms with Gasteiger partial charge in [-0.1, -0.05) is 102 Å². The lowest BCUT2D eigenvalue weighted by atomic mass is 9.99. The van der Waals surface area contributed by atoms with Crippen LogP contribution < -0.4 is 5.32 Å². The molecule has 0 aliphatic carbocycles. The number of nitrogens with zero attached hydrogens (tertiary/aromatic N) is 1. The third-order valence-corrected chi connectivity index (χ3v) is 8.83. The molecule has 1 aliphatic rings. The number of carbonyl (C=O) groups excluding carboxylic acids is 1. The van der Waals surface area contributed by atoms with Gasteiger partial charge in [-0.3, -0.25) is 4.79 Å². The van der Waals surface area contributed by atoms with Crippen molar-refractivity contribution >= 4 is 58.4 Å². The monoisotopic (exact) mass is 686 g/mol. The number of rotatable bonds is 10. The number of aromatic carboxylic acids is 1. The van der Waals surface area contributed by atoms with Gasteiger partial charge in [-0.25, -0.2) is 9.78 Å². The maximum Gasteiger partial charge on any atom is 0.338 e. The number of carbonyl (C=O) groups is 2. The number of carboxylic acid groups (broad SMARTS) is 1. The van der Waals surface area contributed by atoms with Crippen LogP contribution >= 0.6 is 46.6 Å². The summed E-state index contributed by atoms with van der Waals surface area (Å²) in [5, 5.41) is 22.1. The molecule has 1 saturated heterocycles. The number of halogens is 3. The summed E-state index contributed by atoms with van der Waals surface area (Å²) in [4.78, 5) is 27.9. The lowest BCUT2D eigenvalue weighted by molar-refractivity contribution is -0.245. The fourth-order valence-electron chi connectivity index (χ4n) is 4.84. The van der Waals surface area contributed by atoms with E-state index in [1.165, 1.54) is 17.8 Å². The third kappa shape index (κ3) is 8.77. The molecule has 8 nitrogen and oxygen atoms in total. The normalized spacial score (nSPS) is 18.4. The van der Waals surface area contributed by atoms with Crippen molar-refractivity contribution in [1.29, 1.82) is 0 Å². The zero-order chi connectivity index (χ0) is 32.0. The molecule has 5 rings (SSSR count). The summed E-state index contributed by atoms with van der Waals surface area (Å²) in [7, 11) is 0. The number of carboxylic acids is 1. The molecular formula is C33H29Cl3N2O6S. The molecule has 1 fully saturated rings. The van der Waals surface area contributed by atoms with E-state index in [0.717, 1.165) is 33.4 Å². The van der Waals surface area contributed by atoms with Gasteiger partial charge in [0.05, 0.1) is 24.4 Å². The quantitative estimate of drug-likeness (QED) is 0.118. The molecule has 2 heterocycles. The molecule has 3 atom stereocenters. The first-order valence-corrected chi connectivity index (χ1v) is 16.1. The molecule has 1 amide bonds. The van der Waals surface area contributed by atoms with Crippen LogP contribution in [0.15, 0.2) is 96.2 Å². The molecule has 3 N–H and O–H groups in total. The smallest absolute Gasteiger partial charge is 0.338 e. The number of aliphatic hydroxyl groups is 1. The number of amides is 1. The van der Waals surface area contributed by atoms with E-state index in [1.54, 1.807) is 12.3 Å². The van der Waals surface area contributed by atoms with Gasteiger partial charge in [0.15, 0.2) is 6.29 Å². The molecule has 3 aromatic carbocycles. The van der Waals surface area contributed by atoms with Crippen LogP contribution in [0.25, 0.3) is 11.1 Å². The number of hydrogen-bond donors (Lipinski definition) is 3. The number of ether oxygens (including phenoxy) is 2. The number of benzene rings is 3. The van der Waals surface area contributed by atoms with Gasteiger partial charge >= 0.3 is 5.97 Å². The number of hydrogen-bond acceptors (Lipinski definition) is 7. The van der Waals surface area contributed by atoms with Crippen molar-refractivity contribution in [2.45, 2.75) is 46.9 Å². The second kappa shape index (κ2) is 15.0. The maximum atomic E-state index is 11.9. The van der Waals surface area contributed by atoms with Crippen LogP contribution in [0.4, 0.5) is 0 Å². The van der Waals surface area contributed by atoms with Crippen LogP contribution in [0, 0.1) is 0 Å². The Hall–Kier alpha value is -3.15. The van der Waals surface area contributed by atoms with E-state index >= 15 is 0 Å². The molecule has 234 valence electrons. The SMILES string of the molecule is O=C(O)c1cccnc1SC[C@H]1C[C@@H](c2ccc(CO)cc2)O[C@@H](c2ccc(-c3cccc(CNC(=O)C(Cl)(Cl)Cl)c3)cc2)O1. The van der Waals surface area contributed by atoms with Gasteiger partial charge < -0.3 is 25.0 Å². The number of aliphatic hydroxyl groups excluding tert-OH is 1. The van der Waals surface area contributed by atoms with Crippen LogP contribution in [0.3, 0.4) is 0 Å². The molecule has 0 spiro atoms. The summed E-state index contributed by atoms with van der Waals surface area (Å²) in [5.74, 6) is -1.25. The molecule has 12 heteroatoms. The Morgan fingerprint density at radius 3 is 2.33 bits per heavy atom. The largest absolute Gasteiger partial charge is 0.478 e. The van der Waals surface area contributed by atoms with E-state index < -0.39 is 22.0 Å². The van der Waals surface area contributed by atoms with Crippen molar-refractivity contribution < 1.29 is 29.3 Å². The Morgan fingerprint density at radius 2 is 1.64 bits per heavy atom. The minimum Gasteiger partial charge on any atom is -0.478 e. The first-order valence-electron chi connectivity index (χ1n) is 14.0. The summed E-state index contributed by atoms with van der Waals surface area (Å²) in [6.45, 7) is 0.153. The number of pyridine rings is 1. The Bertz CT molecular complexity index is 1630. The molecule has 4 aromatic rings. The van der Waals surface area contributed by atoms with Crippen molar-refractivity contribution in [3.63, 3.8) is 0 Å². The fraction of sp³-hybridized carbons (Fsp3) is 0.242. The Kier molecular flexibility index (Phi) is 11.0. The van der Waals surface area contributed by atoms with Gasteiger partial charge in [0.1, 0.15) is 5.03 Å². The molecule has 1 aliphatic heterocycles. The highest BCUT2D eigenvalue weighted by Crippen LogP contribution is 2.40. The lowest BCUT2D eigenvalue weighted by Crippen LogP contribution is -2.33. The average Bonchev–Trinajstić information content (AvgIpc) is 3.06. The molecule has 0 unspecified atom stereocenters. The van der Waals surface area contributed by atoms with Crippen molar-refractivity contribution in [3.05, 3.63) is 119 Å². The standard InChI is InChI=1S/C33H29Cl3N2O6S/c34-33(35,36)32(42)38-17-21-3-1-4-25(15-21)22-10-12-24(13-11-22)31-43-26(19-45-29-27(30(40)41)5-2-14-37-29)16-28(44-31)23-8-6-20(18-39)7-9-23/h1-15,26,28,31,39H,16-19H2,(H,38,42)(H,40,41)/t26-,28+,31+/m1/s1. The zero-order valence-electron chi connectivity index (χ0n) is 23.7. The molecule has 1 aromatic heterocycles. The Morgan fingerprint density at radius 1 is 0.911 bits per heavy atom.